The van der Waals surface area contributed by atoms with Crippen molar-refractivity contribution in [1.82, 2.24) is 5.48 Å². The molecule has 92 valence electrons. The molecule has 0 bridgehead atoms. The van der Waals surface area contributed by atoms with Gasteiger partial charge in [-0.2, -0.15) is 5.48 Å². The van der Waals surface area contributed by atoms with Crippen LogP contribution in [0.3, 0.4) is 0 Å². The molecule has 0 radical (unpaired) electrons. The lowest BCUT2D eigenvalue weighted by Crippen LogP contribution is -2.45. The molecule has 0 saturated carbocycles. The minimum absolute atomic E-state index is 0.137. The molecule has 2 N–H and O–H groups in total. The highest BCUT2D eigenvalue weighted by Gasteiger charge is 2.35. The van der Waals surface area contributed by atoms with Crippen LogP contribution in [0.4, 0.5) is 5.69 Å². The van der Waals surface area contributed by atoms with E-state index in [4.69, 9.17) is 9.57 Å². The van der Waals surface area contributed by atoms with Crippen LogP contribution in [0.25, 0.3) is 0 Å². The smallest absolute Gasteiger partial charge is 0.268 e. The number of nitrogens with one attached hydrogen (secondary N) is 2. The normalized spacial score (nSPS) is 17.0. The quantitative estimate of drug-likeness (QED) is 0.780. The predicted octanol–water partition coefficient (Wildman–Crippen LogP) is 1.45. The minimum Gasteiger partial charge on any atom is -0.476 e. The van der Waals surface area contributed by atoms with Gasteiger partial charge in [-0.3, -0.25) is 4.79 Å². The van der Waals surface area contributed by atoms with Crippen molar-refractivity contribution in [2.24, 2.45) is 0 Å². The van der Waals surface area contributed by atoms with E-state index in [0.29, 0.717) is 18.0 Å². The van der Waals surface area contributed by atoms with Crippen LogP contribution >= 0.6 is 0 Å². The molecule has 17 heavy (non-hydrogen) atoms. The van der Waals surface area contributed by atoms with Gasteiger partial charge in [0, 0.05) is 6.54 Å². The van der Waals surface area contributed by atoms with E-state index >= 15 is 0 Å². The van der Waals surface area contributed by atoms with Crippen molar-refractivity contribution < 1.29 is 14.4 Å². The molecular formula is C12H16N2O3. The second-order valence-electron chi connectivity index (χ2n) is 4.42. The van der Waals surface area contributed by atoms with Crippen molar-refractivity contribution in [3.63, 3.8) is 0 Å². The Hall–Kier alpha value is -1.59. The van der Waals surface area contributed by atoms with Crippen LogP contribution in [0, 0.1) is 0 Å². The standard InChI is InChI=1S/C12H16N2O3/c1-12(2)11(15)14-9-6-8(7-13-16-3)4-5-10(9)17-12/h4-6,13H,7H2,1-3H3,(H,14,15). The third-order valence-electron chi connectivity index (χ3n) is 2.62. The zero-order valence-corrected chi connectivity index (χ0v) is 10.2. The number of fused-ring (bicyclic) bond motifs is 1. The van der Waals surface area contributed by atoms with Crippen molar-refractivity contribution in [2.45, 2.75) is 26.0 Å². The molecule has 0 atom stereocenters. The summed E-state index contributed by atoms with van der Waals surface area (Å²) in [5.41, 5.74) is 3.63. The number of hydroxylamine groups is 1. The second-order valence-corrected chi connectivity index (χ2v) is 4.42. The molecule has 0 aliphatic carbocycles. The van der Waals surface area contributed by atoms with Crippen molar-refractivity contribution in [3.8, 4) is 5.75 Å². The van der Waals surface area contributed by atoms with Gasteiger partial charge >= 0.3 is 0 Å². The largest absolute Gasteiger partial charge is 0.476 e. The highest BCUT2D eigenvalue weighted by atomic mass is 16.6. The summed E-state index contributed by atoms with van der Waals surface area (Å²) in [4.78, 5) is 16.5. The molecule has 1 aliphatic rings. The highest BCUT2D eigenvalue weighted by Crippen LogP contribution is 2.33. The molecule has 0 aromatic heterocycles. The third-order valence-corrected chi connectivity index (χ3v) is 2.62. The molecule has 1 amide bonds. The fourth-order valence-corrected chi connectivity index (χ4v) is 1.62. The van der Waals surface area contributed by atoms with Gasteiger partial charge in [0.2, 0.25) is 0 Å². The van der Waals surface area contributed by atoms with Gasteiger partial charge in [-0.05, 0) is 31.5 Å². The number of amides is 1. The average molecular weight is 236 g/mol. The first kappa shape index (κ1) is 11.9. The van der Waals surface area contributed by atoms with Crippen LogP contribution in [0.15, 0.2) is 18.2 Å². The molecule has 2 rings (SSSR count). The molecular weight excluding hydrogens is 220 g/mol. The minimum atomic E-state index is -0.820. The molecule has 1 aliphatic heterocycles. The summed E-state index contributed by atoms with van der Waals surface area (Å²) in [5, 5.41) is 2.83. The molecule has 0 fully saturated rings. The maximum Gasteiger partial charge on any atom is 0.268 e. The average Bonchev–Trinajstić information content (AvgIpc) is 2.27. The summed E-state index contributed by atoms with van der Waals surface area (Å²) in [6.07, 6.45) is 0. The Kier molecular flexibility index (Phi) is 3.04. The van der Waals surface area contributed by atoms with Crippen LogP contribution in [-0.2, 0) is 16.2 Å². The summed E-state index contributed by atoms with van der Waals surface area (Å²) < 4.78 is 5.63. The van der Waals surface area contributed by atoms with E-state index in [0.717, 1.165) is 5.56 Å². The van der Waals surface area contributed by atoms with E-state index in [2.05, 4.69) is 10.8 Å². The number of ether oxygens (including phenoxy) is 1. The fraction of sp³-hybridized carbons (Fsp3) is 0.417. The Bertz CT molecular complexity index is 443. The van der Waals surface area contributed by atoms with E-state index in [1.54, 1.807) is 21.0 Å². The van der Waals surface area contributed by atoms with Gasteiger partial charge in [0.25, 0.3) is 5.91 Å². The molecule has 0 spiro atoms. The maximum absolute atomic E-state index is 11.7. The summed E-state index contributed by atoms with van der Waals surface area (Å²) in [6.45, 7) is 4.06. The van der Waals surface area contributed by atoms with E-state index in [9.17, 15) is 4.79 Å². The van der Waals surface area contributed by atoms with E-state index < -0.39 is 5.60 Å². The summed E-state index contributed by atoms with van der Waals surface area (Å²) in [7, 11) is 1.56. The molecule has 5 nitrogen and oxygen atoms in total. The van der Waals surface area contributed by atoms with Gasteiger partial charge in [-0.15, -0.1) is 0 Å². The van der Waals surface area contributed by atoms with Gasteiger partial charge in [0.15, 0.2) is 5.60 Å². The summed E-state index contributed by atoms with van der Waals surface area (Å²) in [5.74, 6) is 0.553. The third kappa shape index (κ3) is 2.40. The molecule has 1 heterocycles. The van der Waals surface area contributed by atoms with Gasteiger partial charge < -0.3 is 14.9 Å². The fourth-order valence-electron chi connectivity index (χ4n) is 1.62. The first-order valence-electron chi connectivity index (χ1n) is 5.42. The highest BCUT2D eigenvalue weighted by molar-refractivity contribution is 6.00. The Morgan fingerprint density at radius 1 is 1.47 bits per heavy atom. The molecule has 1 aromatic rings. The number of hydrogen-bond acceptors (Lipinski definition) is 4. The number of carbonyl (C=O) groups excluding carboxylic acids is 1. The number of carbonyl (C=O) groups is 1. The van der Waals surface area contributed by atoms with Crippen molar-refractivity contribution in [3.05, 3.63) is 23.8 Å². The monoisotopic (exact) mass is 236 g/mol. The number of benzene rings is 1. The first-order valence-corrected chi connectivity index (χ1v) is 5.42. The molecule has 5 heteroatoms. The Labute approximate surface area is 100 Å². The lowest BCUT2D eigenvalue weighted by Gasteiger charge is -2.31. The van der Waals surface area contributed by atoms with E-state index in [1.807, 2.05) is 18.2 Å². The van der Waals surface area contributed by atoms with Crippen molar-refractivity contribution in [1.29, 1.82) is 0 Å². The van der Waals surface area contributed by atoms with Crippen molar-refractivity contribution in [2.75, 3.05) is 12.4 Å². The van der Waals surface area contributed by atoms with E-state index in [-0.39, 0.29) is 5.91 Å². The Balaban J connectivity index is 2.23. The summed E-state index contributed by atoms with van der Waals surface area (Å²) in [6, 6.07) is 5.65. The van der Waals surface area contributed by atoms with Gasteiger partial charge in [0.1, 0.15) is 5.75 Å². The zero-order chi connectivity index (χ0) is 12.5. The molecule has 0 unspecified atom stereocenters. The second kappa shape index (κ2) is 4.35. The van der Waals surface area contributed by atoms with Crippen LogP contribution in [0.1, 0.15) is 19.4 Å². The lowest BCUT2D eigenvalue weighted by atomic mass is 10.1. The lowest BCUT2D eigenvalue weighted by molar-refractivity contribution is -0.129. The SMILES string of the molecule is CONCc1ccc2c(c1)NC(=O)C(C)(C)O2. The Morgan fingerprint density at radius 2 is 2.24 bits per heavy atom. The van der Waals surface area contributed by atoms with E-state index in [1.165, 1.54) is 0 Å². The first-order chi connectivity index (χ1) is 8.03. The van der Waals surface area contributed by atoms with Gasteiger partial charge in [-0.1, -0.05) is 6.07 Å². The topological polar surface area (TPSA) is 59.6 Å². The maximum atomic E-state index is 11.7. The van der Waals surface area contributed by atoms with Crippen LogP contribution in [-0.4, -0.2) is 18.6 Å². The number of hydrogen-bond donors (Lipinski definition) is 2. The van der Waals surface area contributed by atoms with Crippen molar-refractivity contribution >= 4 is 11.6 Å². The predicted molar refractivity (Wildman–Crippen MR) is 63.6 cm³/mol. The Morgan fingerprint density at radius 3 is 2.94 bits per heavy atom. The van der Waals surface area contributed by atoms with Gasteiger partial charge in [0.05, 0.1) is 12.8 Å². The van der Waals surface area contributed by atoms with Crippen LogP contribution in [0.2, 0.25) is 0 Å². The number of anilines is 1. The van der Waals surface area contributed by atoms with Crippen LogP contribution < -0.4 is 15.5 Å². The van der Waals surface area contributed by atoms with Crippen LogP contribution in [0.5, 0.6) is 5.75 Å². The molecule has 1 aromatic carbocycles. The zero-order valence-electron chi connectivity index (χ0n) is 10.2. The van der Waals surface area contributed by atoms with Gasteiger partial charge in [-0.25, -0.2) is 0 Å². The number of rotatable bonds is 3. The molecule has 0 saturated heterocycles. The summed E-state index contributed by atoms with van der Waals surface area (Å²) >= 11 is 0.